The second-order valence-corrected chi connectivity index (χ2v) is 10.5. The highest BCUT2D eigenvalue weighted by molar-refractivity contribution is 7.13. The monoisotopic (exact) mass is 466 g/mol. The quantitative estimate of drug-likeness (QED) is 0.576. The number of thiazole rings is 1. The van der Waals surface area contributed by atoms with Crippen molar-refractivity contribution in [3.8, 4) is 10.4 Å². The predicted octanol–water partition coefficient (Wildman–Crippen LogP) is 4.54. The molecule has 0 saturated carbocycles. The number of hydrogen-bond donors (Lipinski definition) is 1. The molecule has 1 aliphatic rings. The maximum Gasteiger partial charge on any atom is 0.243 e. The zero-order valence-electron chi connectivity index (χ0n) is 19.5. The largest absolute Gasteiger partial charge is 0.360 e. The summed E-state index contributed by atoms with van der Waals surface area (Å²) in [7, 11) is 0. The molecule has 1 saturated heterocycles. The second-order valence-electron chi connectivity index (χ2n) is 9.64. The molecule has 174 valence electrons. The van der Waals surface area contributed by atoms with Crippen LogP contribution in [-0.2, 0) is 16.1 Å². The molecule has 0 spiro atoms. The van der Waals surface area contributed by atoms with E-state index in [4.69, 9.17) is 4.52 Å². The average molecular weight is 467 g/mol. The molecule has 2 aromatic heterocycles. The van der Waals surface area contributed by atoms with Gasteiger partial charge < -0.3 is 14.7 Å². The average Bonchev–Trinajstić information content (AvgIpc) is 3.53. The van der Waals surface area contributed by atoms with E-state index in [0.717, 1.165) is 28.1 Å². The Morgan fingerprint density at radius 1 is 1.27 bits per heavy atom. The third-order valence-electron chi connectivity index (χ3n) is 6.02. The van der Waals surface area contributed by atoms with Crippen LogP contribution >= 0.6 is 11.3 Å². The Morgan fingerprint density at radius 2 is 2.03 bits per heavy atom. The molecule has 7 nitrogen and oxygen atoms in total. The van der Waals surface area contributed by atoms with E-state index in [9.17, 15) is 9.59 Å². The number of nitrogens with one attached hydrogen (secondary N) is 1. The molecule has 1 fully saturated rings. The molecule has 1 N–H and O–H groups in total. The fourth-order valence-electron chi connectivity index (χ4n) is 4.36. The summed E-state index contributed by atoms with van der Waals surface area (Å²) in [4.78, 5) is 33.6. The molecule has 1 aliphatic heterocycles. The number of carbonyl (C=O) groups excluding carboxylic acids is 2. The highest BCUT2D eigenvalue weighted by Crippen LogP contribution is 2.38. The molecule has 0 unspecified atom stereocenters. The van der Waals surface area contributed by atoms with Gasteiger partial charge in [0.25, 0.3) is 0 Å². The van der Waals surface area contributed by atoms with Crippen LogP contribution in [0.15, 0.2) is 46.6 Å². The number of hydrogen-bond acceptors (Lipinski definition) is 6. The Balaban J connectivity index is 1.42. The lowest BCUT2D eigenvalue weighted by atomic mass is 9.78. The molecular weight excluding hydrogens is 436 g/mol. The molecule has 33 heavy (non-hydrogen) atoms. The zero-order chi connectivity index (χ0) is 23.6. The Morgan fingerprint density at radius 3 is 2.64 bits per heavy atom. The minimum atomic E-state index is -0.494. The van der Waals surface area contributed by atoms with Crippen LogP contribution in [0.4, 0.5) is 0 Å². The van der Waals surface area contributed by atoms with Crippen LogP contribution < -0.4 is 5.32 Å². The lowest BCUT2D eigenvalue weighted by Crippen LogP contribution is -2.48. The van der Waals surface area contributed by atoms with Crippen LogP contribution in [0.25, 0.3) is 10.4 Å². The molecule has 2 amide bonds. The number of nitrogens with zero attached hydrogens (tertiary/aromatic N) is 3. The van der Waals surface area contributed by atoms with E-state index in [0.29, 0.717) is 25.3 Å². The van der Waals surface area contributed by atoms with Crippen molar-refractivity contribution >= 4 is 23.2 Å². The van der Waals surface area contributed by atoms with E-state index in [1.54, 1.807) is 16.2 Å². The molecule has 4 rings (SSSR count). The second kappa shape index (κ2) is 9.47. The molecular formula is C25H30N4O3S. The van der Waals surface area contributed by atoms with Gasteiger partial charge >= 0.3 is 0 Å². The molecule has 8 heteroatoms. The van der Waals surface area contributed by atoms with Crippen LogP contribution in [0.5, 0.6) is 0 Å². The summed E-state index contributed by atoms with van der Waals surface area (Å²) < 4.78 is 5.47. The Labute approximate surface area is 198 Å². The van der Waals surface area contributed by atoms with E-state index in [1.165, 1.54) is 0 Å². The van der Waals surface area contributed by atoms with Crippen LogP contribution in [-0.4, -0.2) is 39.4 Å². The molecule has 2 atom stereocenters. The predicted molar refractivity (Wildman–Crippen MR) is 128 cm³/mol. The van der Waals surface area contributed by atoms with Gasteiger partial charge in [-0.15, -0.1) is 11.3 Å². The third kappa shape index (κ3) is 5.16. The fraction of sp³-hybridized carbons (Fsp3) is 0.440. The van der Waals surface area contributed by atoms with Gasteiger partial charge in [-0.25, -0.2) is 0 Å². The van der Waals surface area contributed by atoms with Crippen molar-refractivity contribution in [2.45, 2.75) is 59.0 Å². The summed E-state index contributed by atoms with van der Waals surface area (Å²) in [5, 5.41) is 6.99. The first kappa shape index (κ1) is 23.2. The summed E-state index contributed by atoms with van der Waals surface area (Å²) in [5.41, 5.74) is 4.30. The summed E-state index contributed by atoms with van der Waals surface area (Å²) >= 11 is 1.59. The zero-order valence-corrected chi connectivity index (χ0v) is 20.3. The number of carbonyl (C=O) groups is 2. The standard InChI is InChI=1S/C25H30N4O3S/c1-16-12-20(32-28-16)22(25(2,3)4)24(31)29-11-5-6-19(29)23(30)27-13-17-7-9-18(10-8-17)21-14-26-15-33-21/h7-10,12,14-15,19,22H,5-6,11,13H2,1-4H3,(H,27,30)/t19-,22+/m0/s1. The van der Waals surface area contributed by atoms with Crippen molar-refractivity contribution in [1.82, 2.24) is 20.4 Å². The number of rotatable bonds is 6. The summed E-state index contributed by atoms with van der Waals surface area (Å²) in [6.07, 6.45) is 3.31. The molecule has 0 aliphatic carbocycles. The first-order chi connectivity index (χ1) is 15.7. The van der Waals surface area contributed by atoms with Gasteiger partial charge in [-0.2, -0.15) is 0 Å². The summed E-state index contributed by atoms with van der Waals surface area (Å²) in [6.45, 7) is 8.86. The van der Waals surface area contributed by atoms with Crippen molar-refractivity contribution < 1.29 is 14.1 Å². The summed E-state index contributed by atoms with van der Waals surface area (Å²) in [5.74, 6) is -0.137. The fourth-order valence-corrected chi connectivity index (χ4v) is 4.99. The van der Waals surface area contributed by atoms with Gasteiger partial charge in [0.1, 0.15) is 17.7 Å². The minimum absolute atomic E-state index is 0.0785. The number of benzene rings is 1. The summed E-state index contributed by atoms with van der Waals surface area (Å²) in [6, 6.07) is 9.43. The molecule has 1 aromatic carbocycles. The van der Waals surface area contributed by atoms with Crippen LogP contribution in [0.3, 0.4) is 0 Å². The van der Waals surface area contributed by atoms with Crippen molar-refractivity contribution in [3.63, 3.8) is 0 Å². The van der Waals surface area contributed by atoms with E-state index in [-0.39, 0.29) is 17.2 Å². The van der Waals surface area contributed by atoms with Gasteiger partial charge in [0.05, 0.1) is 16.1 Å². The van der Waals surface area contributed by atoms with Gasteiger partial charge in [0.2, 0.25) is 11.8 Å². The van der Waals surface area contributed by atoms with Crippen LogP contribution in [0.2, 0.25) is 0 Å². The maximum absolute atomic E-state index is 13.6. The van der Waals surface area contributed by atoms with Crippen molar-refractivity contribution in [3.05, 3.63) is 59.1 Å². The van der Waals surface area contributed by atoms with Crippen molar-refractivity contribution in [2.24, 2.45) is 5.41 Å². The molecule has 3 heterocycles. The lowest BCUT2D eigenvalue weighted by molar-refractivity contribution is -0.142. The van der Waals surface area contributed by atoms with Gasteiger partial charge in [-0.3, -0.25) is 14.6 Å². The van der Waals surface area contributed by atoms with Gasteiger partial charge in [-0.05, 0) is 36.3 Å². The number of amides is 2. The van der Waals surface area contributed by atoms with E-state index in [2.05, 4.69) is 15.5 Å². The minimum Gasteiger partial charge on any atom is -0.360 e. The third-order valence-corrected chi connectivity index (χ3v) is 6.84. The molecule has 3 aromatic rings. The smallest absolute Gasteiger partial charge is 0.243 e. The van der Waals surface area contributed by atoms with E-state index in [1.807, 2.05) is 69.7 Å². The van der Waals surface area contributed by atoms with E-state index >= 15 is 0 Å². The molecule has 0 bridgehead atoms. The Hall–Kier alpha value is -3.00. The normalized spacial score (nSPS) is 17.2. The van der Waals surface area contributed by atoms with Crippen molar-refractivity contribution in [1.29, 1.82) is 0 Å². The van der Waals surface area contributed by atoms with Crippen LogP contribution in [0, 0.1) is 12.3 Å². The topological polar surface area (TPSA) is 88.3 Å². The number of likely N-dealkylation sites (tertiary alicyclic amines) is 1. The maximum atomic E-state index is 13.6. The lowest BCUT2D eigenvalue weighted by Gasteiger charge is -2.33. The SMILES string of the molecule is Cc1cc([C@H](C(=O)N2CCC[C@H]2C(=O)NCc2ccc(-c3cncs3)cc2)C(C)(C)C)on1. The van der Waals surface area contributed by atoms with E-state index < -0.39 is 12.0 Å². The van der Waals surface area contributed by atoms with Crippen molar-refractivity contribution in [2.75, 3.05) is 6.54 Å². The first-order valence-electron chi connectivity index (χ1n) is 11.2. The van der Waals surface area contributed by atoms with Crippen LogP contribution in [0.1, 0.15) is 56.5 Å². The van der Waals surface area contributed by atoms with Gasteiger partial charge in [0.15, 0.2) is 0 Å². The Kier molecular flexibility index (Phi) is 6.65. The van der Waals surface area contributed by atoms with Gasteiger partial charge in [0, 0.05) is 25.4 Å². The number of aromatic nitrogens is 2. The van der Waals surface area contributed by atoms with Gasteiger partial charge in [-0.1, -0.05) is 50.2 Å². The first-order valence-corrected chi connectivity index (χ1v) is 12.1. The molecule has 0 radical (unpaired) electrons. The highest BCUT2D eigenvalue weighted by atomic mass is 32.1. The Bertz CT molecular complexity index is 1100. The highest BCUT2D eigenvalue weighted by Gasteiger charge is 2.43. The number of aryl methyl sites for hydroxylation is 1.